The van der Waals surface area contributed by atoms with Crippen molar-refractivity contribution in [3.05, 3.63) is 64.5 Å². The SMILES string of the molecule is Cc1nn(CC(=O)NCc2ccco2)c(=O)c2c1sc1ccccc12. The zero-order valence-electron chi connectivity index (χ0n) is 13.5. The van der Waals surface area contributed by atoms with Crippen LogP contribution in [-0.4, -0.2) is 15.7 Å². The monoisotopic (exact) mass is 353 g/mol. The van der Waals surface area contributed by atoms with E-state index in [2.05, 4.69) is 10.4 Å². The molecule has 126 valence electrons. The predicted octanol–water partition coefficient (Wildman–Crippen LogP) is 2.83. The van der Waals surface area contributed by atoms with Crippen molar-refractivity contribution in [1.82, 2.24) is 15.1 Å². The van der Waals surface area contributed by atoms with Crippen LogP contribution in [0.3, 0.4) is 0 Å². The van der Waals surface area contributed by atoms with Crippen LogP contribution in [0.5, 0.6) is 0 Å². The van der Waals surface area contributed by atoms with E-state index in [9.17, 15) is 9.59 Å². The zero-order valence-corrected chi connectivity index (χ0v) is 14.3. The minimum atomic E-state index is -0.288. The van der Waals surface area contributed by atoms with Crippen molar-refractivity contribution < 1.29 is 9.21 Å². The van der Waals surface area contributed by atoms with Crippen LogP contribution in [0, 0.1) is 6.92 Å². The fourth-order valence-electron chi connectivity index (χ4n) is 2.81. The molecular formula is C18H15N3O3S. The molecule has 0 atom stereocenters. The molecule has 0 saturated heterocycles. The maximum Gasteiger partial charge on any atom is 0.276 e. The molecule has 7 heteroatoms. The van der Waals surface area contributed by atoms with Crippen LogP contribution in [-0.2, 0) is 17.9 Å². The second-order valence-electron chi connectivity index (χ2n) is 5.71. The van der Waals surface area contributed by atoms with Crippen molar-refractivity contribution in [3.8, 4) is 0 Å². The summed E-state index contributed by atoms with van der Waals surface area (Å²) in [5.74, 6) is 0.369. The molecule has 3 heterocycles. The molecule has 1 amide bonds. The van der Waals surface area contributed by atoms with Gasteiger partial charge in [0.15, 0.2) is 0 Å². The molecule has 3 aromatic heterocycles. The summed E-state index contributed by atoms with van der Waals surface area (Å²) in [4.78, 5) is 25.0. The Labute approximate surface area is 146 Å². The lowest BCUT2D eigenvalue weighted by Gasteiger charge is -2.07. The van der Waals surface area contributed by atoms with E-state index in [1.165, 1.54) is 4.68 Å². The zero-order chi connectivity index (χ0) is 17.4. The van der Waals surface area contributed by atoms with Gasteiger partial charge in [0.05, 0.1) is 28.6 Å². The summed E-state index contributed by atoms with van der Waals surface area (Å²) >= 11 is 1.55. The molecule has 1 N–H and O–H groups in total. The van der Waals surface area contributed by atoms with E-state index in [0.717, 1.165) is 20.5 Å². The van der Waals surface area contributed by atoms with Crippen molar-refractivity contribution in [1.29, 1.82) is 0 Å². The molecule has 4 aromatic rings. The van der Waals surface area contributed by atoms with Crippen molar-refractivity contribution in [3.63, 3.8) is 0 Å². The molecule has 0 bridgehead atoms. The van der Waals surface area contributed by atoms with E-state index in [-0.39, 0.29) is 24.6 Å². The minimum Gasteiger partial charge on any atom is -0.467 e. The average Bonchev–Trinajstić information content (AvgIpc) is 3.25. The number of carbonyl (C=O) groups is 1. The Morgan fingerprint density at radius 2 is 2.12 bits per heavy atom. The number of nitrogens with one attached hydrogen (secondary N) is 1. The first-order chi connectivity index (χ1) is 12.1. The van der Waals surface area contributed by atoms with E-state index < -0.39 is 0 Å². The van der Waals surface area contributed by atoms with E-state index in [1.54, 1.807) is 29.7 Å². The highest BCUT2D eigenvalue weighted by Gasteiger charge is 2.15. The summed E-state index contributed by atoms with van der Waals surface area (Å²) in [6, 6.07) is 11.3. The molecule has 0 spiro atoms. The number of furan rings is 1. The number of hydrogen-bond acceptors (Lipinski definition) is 5. The van der Waals surface area contributed by atoms with Crippen LogP contribution in [0.2, 0.25) is 0 Å². The smallest absolute Gasteiger partial charge is 0.276 e. The number of aromatic nitrogens is 2. The molecule has 6 nitrogen and oxygen atoms in total. The average molecular weight is 353 g/mol. The summed E-state index contributed by atoms with van der Waals surface area (Å²) in [5, 5.41) is 8.58. The maximum absolute atomic E-state index is 12.8. The topological polar surface area (TPSA) is 77.1 Å². The van der Waals surface area contributed by atoms with Gasteiger partial charge in [-0.25, -0.2) is 4.68 Å². The molecular weight excluding hydrogens is 338 g/mol. The summed E-state index contributed by atoms with van der Waals surface area (Å²) in [6.07, 6.45) is 1.55. The minimum absolute atomic E-state index is 0.125. The number of amides is 1. The Morgan fingerprint density at radius 1 is 1.28 bits per heavy atom. The van der Waals surface area contributed by atoms with Crippen molar-refractivity contribution in [2.75, 3.05) is 0 Å². The number of hydrogen-bond donors (Lipinski definition) is 1. The highest BCUT2D eigenvalue weighted by atomic mass is 32.1. The Kier molecular flexibility index (Phi) is 3.85. The number of aryl methyl sites for hydroxylation is 1. The third kappa shape index (κ3) is 2.83. The van der Waals surface area contributed by atoms with Crippen LogP contribution in [0.25, 0.3) is 20.2 Å². The third-order valence-corrected chi connectivity index (χ3v) is 5.26. The van der Waals surface area contributed by atoms with Crippen molar-refractivity contribution in [2.24, 2.45) is 0 Å². The van der Waals surface area contributed by atoms with Gasteiger partial charge < -0.3 is 9.73 Å². The first-order valence-electron chi connectivity index (χ1n) is 7.81. The van der Waals surface area contributed by atoms with Crippen LogP contribution in [0.15, 0.2) is 51.9 Å². The lowest BCUT2D eigenvalue weighted by Crippen LogP contribution is -2.33. The van der Waals surface area contributed by atoms with E-state index in [1.807, 2.05) is 31.2 Å². The van der Waals surface area contributed by atoms with Gasteiger partial charge in [0.1, 0.15) is 12.3 Å². The normalized spacial score (nSPS) is 11.2. The number of benzene rings is 1. The number of rotatable bonds is 4. The van der Waals surface area contributed by atoms with Crippen molar-refractivity contribution >= 4 is 37.4 Å². The van der Waals surface area contributed by atoms with Crippen LogP contribution in [0.1, 0.15) is 11.5 Å². The molecule has 4 rings (SSSR count). The second kappa shape index (κ2) is 6.18. The Balaban J connectivity index is 1.67. The van der Waals surface area contributed by atoms with Gasteiger partial charge in [-0.05, 0) is 25.1 Å². The fourth-order valence-corrected chi connectivity index (χ4v) is 3.95. The molecule has 0 aliphatic heterocycles. The lowest BCUT2D eigenvalue weighted by molar-refractivity contribution is -0.122. The molecule has 25 heavy (non-hydrogen) atoms. The summed E-state index contributed by atoms with van der Waals surface area (Å²) < 4.78 is 8.32. The van der Waals surface area contributed by atoms with E-state index >= 15 is 0 Å². The standard InChI is InChI=1S/C18H15N3O3S/c1-11-17-16(13-6-2-3-7-14(13)25-17)18(23)21(20-11)10-15(22)19-9-12-5-4-8-24-12/h2-8H,9-10H2,1H3,(H,19,22). The molecule has 0 unspecified atom stereocenters. The van der Waals surface area contributed by atoms with Crippen LogP contribution in [0.4, 0.5) is 0 Å². The fraction of sp³-hybridized carbons (Fsp3) is 0.167. The first-order valence-corrected chi connectivity index (χ1v) is 8.63. The second-order valence-corrected chi connectivity index (χ2v) is 6.76. The third-order valence-electron chi connectivity index (χ3n) is 3.98. The molecule has 0 radical (unpaired) electrons. The van der Waals surface area contributed by atoms with E-state index in [0.29, 0.717) is 11.1 Å². The largest absolute Gasteiger partial charge is 0.467 e. The van der Waals surface area contributed by atoms with Crippen LogP contribution >= 0.6 is 11.3 Å². The molecule has 1 aromatic carbocycles. The van der Waals surface area contributed by atoms with Gasteiger partial charge in [-0.1, -0.05) is 18.2 Å². The lowest BCUT2D eigenvalue weighted by atomic mass is 10.2. The molecule has 0 fully saturated rings. The first kappa shape index (κ1) is 15.6. The predicted molar refractivity (Wildman–Crippen MR) is 96.7 cm³/mol. The molecule has 0 saturated carbocycles. The van der Waals surface area contributed by atoms with Gasteiger partial charge in [0.25, 0.3) is 5.56 Å². The molecule has 0 aliphatic rings. The quantitative estimate of drug-likeness (QED) is 0.612. The van der Waals surface area contributed by atoms with Gasteiger partial charge in [0.2, 0.25) is 5.91 Å². The van der Waals surface area contributed by atoms with Gasteiger partial charge in [-0.3, -0.25) is 9.59 Å². The summed E-state index contributed by atoms with van der Waals surface area (Å²) in [7, 11) is 0. The highest BCUT2D eigenvalue weighted by Crippen LogP contribution is 2.32. The number of thiophene rings is 1. The van der Waals surface area contributed by atoms with Crippen molar-refractivity contribution in [2.45, 2.75) is 20.0 Å². The van der Waals surface area contributed by atoms with Gasteiger partial charge in [-0.15, -0.1) is 11.3 Å². The van der Waals surface area contributed by atoms with Crippen LogP contribution < -0.4 is 10.9 Å². The molecule has 0 aliphatic carbocycles. The number of fused-ring (bicyclic) bond motifs is 3. The Morgan fingerprint density at radius 3 is 2.92 bits per heavy atom. The van der Waals surface area contributed by atoms with Gasteiger partial charge >= 0.3 is 0 Å². The summed E-state index contributed by atoms with van der Waals surface area (Å²) in [6.45, 7) is 2.01. The highest BCUT2D eigenvalue weighted by molar-refractivity contribution is 7.26. The Hall–Kier alpha value is -2.93. The Bertz CT molecular complexity index is 1130. The number of carbonyl (C=O) groups excluding carboxylic acids is 1. The van der Waals surface area contributed by atoms with Gasteiger partial charge in [0, 0.05) is 10.1 Å². The number of nitrogens with zero attached hydrogens (tertiary/aromatic N) is 2. The summed E-state index contributed by atoms with van der Waals surface area (Å²) in [5.41, 5.74) is 0.501. The van der Waals surface area contributed by atoms with Gasteiger partial charge in [-0.2, -0.15) is 5.10 Å². The maximum atomic E-state index is 12.8. The van der Waals surface area contributed by atoms with E-state index in [4.69, 9.17) is 4.42 Å².